The number of nitrogens with zero attached hydrogens (tertiary/aromatic N) is 1. The number of hydrogen-bond acceptors (Lipinski definition) is 5. The van der Waals surface area contributed by atoms with Crippen LogP contribution in [0.5, 0.6) is 11.5 Å². The summed E-state index contributed by atoms with van der Waals surface area (Å²) in [5.41, 5.74) is 0.467. The molecule has 3 rings (SSSR count). The lowest BCUT2D eigenvalue weighted by Gasteiger charge is -2.20. The maximum Gasteiger partial charge on any atom is 0.243 e. The number of sulfonamides is 1. The minimum atomic E-state index is -3.90. The zero-order valence-corrected chi connectivity index (χ0v) is 14.8. The van der Waals surface area contributed by atoms with Crippen molar-refractivity contribution >= 4 is 21.6 Å². The van der Waals surface area contributed by atoms with Gasteiger partial charge in [-0.25, -0.2) is 12.8 Å². The predicted octanol–water partition coefficient (Wildman–Crippen LogP) is 2.20. The average Bonchev–Trinajstić information content (AvgIpc) is 3.07. The van der Waals surface area contributed by atoms with E-state index in [0.717, 1.165) is 16.4 Å². The van der Waals surface area contributed by atoms with Gasteiger partial charge in [0, 0.05) is 18.3 Å². The summed E-state index contributed by atoms with van der Waals surface area (Å²) < 4.78 is 49.7. The number of halogens is 1. The highest BCUT2D eigenvalue weighted by Gasteiger charge is 2.25. The summed E-state index contributed by atoms with van der Waals surface area (Å²) >= 11 is 0. The van der Waals surface area contributed by atoms with Crippen molar-refractivity contribution in [3.8, 4) is 11.5 Å². The van der Waals surface area contributed by atoms with E-state index in [2.05, 4.69) is 5.32 Å². The van der Waals surface area contributed by atoms with Crippen LogP contribution in [-0.4, -0.2) is 38.5 Å². The van der Waals surface area contributed by atoms with Crippen molar-refractivity contribution in [3.63, 3.8) is 0 Å². The first kappa shape index (κ1) is 18.2. The molecule has 0 bridgehead atoms. The second kappa shape index (κ2) is 7.30. The SMILES string of the molecule is CCN(CC(=O)Nc1ccc2c(c1)OCO2)S(=O)(=O)c1ccc(F)cc1. The van der Waals surface area contributed by atoms with Gasteiger partial charge in [0.25, 0.3) is 0 Å². The van der Waals surface area contributed by atoms with E-state index >= 15 is 0 Å². The van der Waals surface area contributed by atoms with Gasteiger partial charge in [-0.1, -0.05) is 6.92 Å². The van der Waals surface area contributed by atoms with Gasteiger partial charge in [0.1, 0.15) is 5.82 Å². The quantitative estimate of drug-likeness (QED) is 0.831. The van der Waals surface area contributed by atoms with Crippen LogP contribution in [0, 0.1) is 5.82 Å². The molecule has 9 heteroatoms. The van der Waals surface area contributed by atoms with E-state index in [1.54, 1.807) is 25.1 Å². The number of benzene rings is 2. The highest BCUT2D eigenvalue weighted by atomic mass is 32.2. The Morgan fingerprint density at radius 1 is 1.15 bits per heavy atom. The summed E-state index contributed by atoms with van der Waals surface area (Å²) in [5.74, 6) is 0.0510. The molecular formula is C17H17FN2O5S. The van der Waals surface area contributed by atoms with E-state index in [1.165, 1.54) is 12.1 Å². The minimum Gasteiger partial charge on any atom is -0.454 e. The van der Waals surface area contributed by atoms with Crippen LogP contribution >= 0.6 is 0 Å². The number of ether oxygens (including phenoxy) is 2. The fourth-order valence-corrected chi connectivity index (χ4v) is 3.86. The Bertz CT molecular complexity index is 915. The van der Waals surface area contributed by atoms with Crippen molar-refractivity contribution in [2.24, 2.45) is 0 Å². The normalized spacial score (nSPS) is 13.0. The number of hydrogen-bond donors (Lipinski definition) is 1. The van der Waals surface area contributed by atoms with Gasteiger partial charge in [-0.05, 0) is 36.4 Å². The Hall–Kier alpha value is -2.65. The smallest absolute Gasteiger partial charge is 0.243 e. The molecule has 0 aliphatic carbocycles. The topological polar surface area (TPSA) is 84.9 Å². The van der Waals surface area contributed by atoms with Crippen LogP contribution in [0.4, 0.5) is 10.1 Å². The van der Waals surface area contributed by atoms with Crippen LogP contribution in [0.1, 0.15) is 6.92 Å². The number of carbonyl (C=O) groups excluding carboxylic acids is 1. The number of likely N-dealkylation sites (N-methyl/N-ethyl adjacent to an activating group) is 1. The molecule has 0 spiro atoms. The van der Waals surface area contributed by atoms with Gasteiger partial charge in [-0.3, -0.25) is 4.79 Å². The summed E-state index contributed by atoms with van der Waals surface area (Å²) in [4.78, 5) is 12.2. The van der Waals surface area contributed by atoms with E-state index < -0.39 is 21.7 Å². The third kappa shape index (κ3) is 3.78. The molecule has 0 saturated carbocycles. The van der Waals surface area contributed by atoms with Crippen LogP contribution in [-0.2, 0) is 14.8 Å². The van der Waals surface area contributed by atoms with Crippen LogP contribution in [0.3, 0.4) is 0 Å². The molecule has 0 aromatic heterocycles. The van der Waals surface area contributed by atoms with Gasteiger partial charge in [-0.2, -0.15) is 4.31 Å². The molecule has 0 fully saturated rings. The Balaban J connectivity index is 1.71. The monoisotopic (exact) mass is 380 g/mol. The molecule has 0 atom stereocenters. The lowest BCUT2D eigenvalue weighted by Crippen LogP contribution is -2.37. The third-order valence-electron chi connectivity index (χ3n) is 3.78. The van der Waals surface area contributed by atoms with E-state index in [1.807, 2.05) is 0 Å². The van der Waals surface area contributed by atoms with Gasteiger partial charge < -0.3 is 14.8 Å². The Labute approximate surface area is 150 Å². The molecule has 2 aromatic rings. The maximum absolute atomic E-state index is 13.0. The molecular weight excluding hydrogens is 363 g/mol. The Morgan fingerprint density at radius 3 is 2.54 bits per heavy atom. The highest BCUT2D eigenvalue weighted by Crippen LogP contribution is 2.34. The average molecular weight is 380 g/mol. The summed E-state index contributed by atoms with van der Waals surface area (Å²) in [6, 6.07) is 9.36. The maximum atomic E-state index is 13.0. The van der Waals surface area contributed by atoms with Crippen LogP contribution < -0.4 is 14.8 Å². The van der Waals surface area contributed by atoms with Crippen molar-refractivity contribution < 1.29 is 27.1 Å². The zero-order chi connectivity index (χ0) is 18.7. The van der Waals surface area contributed by atoms with Gasteiger partial charge in [0.2, 0.25) is 22.7 Å². The van der Waals surface area contributed by atoms with Crippen molar-refractivity contribution in [2.45, 2.75) is 11.8 Å². The molecule has 0 saturated heterocycles. The molecule has 1 aliphatic heterocycles. The summed E-state index contributed by atoms with van der Waals surface area (Å²) in [5, 5.41) is 2.63. The highest BCUT2D eigenvalue weighted by molar-refractivity contribution is 7.89. The van der Waals surface area contributed by atoms with Crippen molar-refractivity contribution in [1.29, 1.82) is 0 Å². The number of nitrogens with one attached hydrogen (secondary N) is 1. The first-order valence-corrected chi connectivity index (χ1v) is 9.29. The number of anilines is 1. The predicted molar refractivity (Wildman–Crippen MR) is 92.0 cm³/mol. The molecule has 2 aromatic carbocycles. The largest absolute Gasteiger partial charge is 0.454 e. The minimum absolute atomic E-state index is 0.0726. The van der Waals surface area contributed by atoms with E-state index in [9.17, 15) is 17.6 Å². The summed E-state index contributed by atoms with van der Waals surface area (Å²) in [6.45, 7) is 1.46. The molecule has 7 nitrogen and oxygen atoms in total. The standard InChI is InChI=1S/C17H17FN2O5S/c1-2-20(26(22,23)14-6-3-12(18)4-7-14)10-17(21)19-13-5-8-15-16(9-13)25-11-24-15/h3-9H,2,10-11H2,1H3,(H,19,21). The number of rotatable bonds is 6. The summed E-state index contributed by atoms with van der Waals surface area (Å²) in [6.07, 6.45) is 0. The molecule has 26 heavy (non-hydrogen) atoms. The fraction of sp³-hybridized carbons (Fsp3) is 0.235. The van der Waals surface area contributed by atoms with Gasteiger partial charge in [0.05, 0.1) is 11.4 Å². The van der Waals surface area contributed by atoms with Crippen molar-refractivity contribution in [1.82, 2.24) is 4.31 Å². The molecule has 0 unspecified atom stereocenters. The lowest BCUT2D eigenvalue weighted by atomic mass is 10.3. The van der Waals surface area contributed by atoms with E-state index in [0.29, 0.717) is 17.2 Å². The van der Waals surface area contributed by atoms with Crippen molar-refractivity contribution in [3.05, 3.63) is 48.3 Å². The van der Waals surface area contributed by atoms with Crippen LogP contribution in [0.15, 0.2) is 47.4 Å². The first-order chi connectivity index (χ1) is 12.4. The fourth-order valence-electron chi connectivity index (χ4n) is 2.46. The molecule has 1 N–H and O–H groups in total. The molecule has 1 aliphatic rings. The van der Waals surface area contributed by atoms with E-state index in [-0.39, 0.29) is 24.8 Å². The second-order valence-electron chi connectivity index (χ2n) is 5.50. The van der Waals surface area contributed by atoms with Crippen LogP contribution in [0.25, 0.3) is 0 Å². The zero-order valence-electron chi connectivity index (χ0n) is 13.9. The Kier molecular flexibility index (Phi) is 5.10. The molecule has 1 heterocycles. The number of carbonyl (C=O) groups is 1. The molecule has 0 radical (unpaired) electrons. The summed E-state index contributed by atoms with van der Waals surface area (Å²) in [7, 11) is -3.90. The molecule has 138 valence electrons. The van der Waals surface area contributed by atoms with Crippen LogP contribution in [0.2, 0.25) is 0 Å². The second-order valence-corrected chi connectivity index (χ2v) is 7.44. The third-order valence-corrected chi connectivity index (χ3v) is 5.72. The van der Waals surface area contributed by atoms with Crippen molar-refractivity contribution in [2.75, 3.05) is 25.2 Å². The Morgan fingerprint density at radius 2 is 1.85 bits per heavy atom. The number of amides is 1. The van der Waals surface area contributed by atoms with Gasteiger partial charge in [-0.15, -0.1) is 0 Å². The van der Waals surface area contributed by atoms with E-state index in [4.69, 9.17) is 9.47 Å². The first-order valence-electron chi connectivity index (χ1n) is 7.85. The van der Waals surface area contributed by atoms with Gasteiger partial charge >= 0.3 is 0 Å². The lowest BCUT2D eigenvalue weighted by molar-refractivity contribution is -0.116. The number of fused-ring (bicyclic) bond motifs is 1. The molecule has 1 amide bonds. The van der Waals surface area contributed by atoms with Gasteiger partial charge in [0.15, 0.2) is 11.5 Å².